The van der Waals surface area contributed by atoms with Gasteiger partial charge in [0, 0.05) is 18.2 Å². The second kappa shape index (κ2) is 9.56. The van der Waals surface area contributed by atoms with Crippen LogP contribution in [0.2, 0.25) is 18.1 Å². The minimum Gasteiger partial charge on any atom is -0.544 e. The summed E-state index contributed by atoms with van der Waals surface area (Å²) in [6, 6.07) is 22.0. The highest BCUT2D eigenvalue weighted by Gasteiger charge is 2.38. The smallest absolute Gasteiger partial charge is 0.250 e. The Hall–Kier alpha value is -3.84. The number of fused-ring (bicyclic) bond motifs is 1. The maximum absolute atomic E-state index is 11.1. The fourth-order valence-electron chi connectivity index (χ4n) is 4.03. The van der Waals surface area contributed by atoms with Crippen LogP contribution in [0.25, 0.3) is 16.9 Å². The molecule has 0 amide bonds. The van der Waals surface area contributed by atoms with Gasteiger partial charge in [0.15, 0.2) is 5.65 Å². The minimum atomic E-state index is -1.93. The third kappa shape index (κ3) is 5.18. The molecule has 0 bridgehead atoms. The molecule has 2 aromatic carbocycles. The van der Waals surface area contributed by atoms with Crippen LogP contribution >= 0.6 is 0 Å². The lowest BCUT2D eigenvalue weighted by Crippen LogP contribution is -2.43. The summed E-state index contributed by atoms with van der Waals surface area (Å²) < 4.78 is 13.7. The summed E-state index contributed by atoms with van der Waals surface area (Å²) in [4.78, 5) is 9.78. The lowest BCUT2D eigenvalue weighted by atomic mass is 10.1. The van der Waals surface area contributed by atoms with E-state index < -0.39 is 8.32 Å². The van der Waals surface area contributed by atoms with Crippen LogP contribution in [0, 0.1) is 0 Å². The van der Waals surface area contributed by atoms with Gasteiger partial charge in [-0.15, -0.1) is 0 Å². The molecule has 5 rings (SSSR count). The van der Waals surface area contributed by atoms with E-state index in [4.69, 9.17) is 18.8 Å². The number of furan rings is 1. The summed E-state index contributed by atoms with van der Waals surface area (Å²) >= 11 is 0. The zero-order chi connectivity index (χ0) is 26.2. The van der Waals surface area contributed by atoms with E-state index in [2.05, 4.69) is 46.0 Å². The van der Waals surface area contributed by atoms with E-state index in [1.54, 1.807) is 10.7 Å². The monoisotopic (exact) mass is 511 g/mol. The normalized spacial score (nSPS) is 12.2. The highest BCUT2D eigenvalue weighted by molar-refractivity contribution is 6.74. The van der Waals surface area contributed by atoms with Crippen molar-refractivity contribution in [3.05, 3.63) is 102 Å². The van der Waals surface area contributed by atoms with E-state index in [0.29, 0.717) is 24.2 Å². The Bertz CT molecular complexity index is 1500. The third-order valence-electron chi connectivity index (χ3n) is 7.19. The Morgan fingerprint density at radius 3 is 2.27 bits per heavy atom. The summed E-state index contributed by atoms with van der Waals surface area (Å²) in [6.07, 6.45) is 4.48. The number of aromatic nitrogens is 3. The summed E-state index contributed by atoms with van der Waals surface area (Å²) in [5, 5.41) is 11.2. The predicted molar refractivity (Wildman–Crippen MR) is 149 cm³/mol. The molecule has 37 heavy (non-hydrogen) atoms. The Morgan fingerprint density at radius 2 is 1.62 bits per heavy atom. The second-order valence-electron chi connectivity index (χ2n) is 11.0. The molecule has 1 N–H and O–H groups in total. The molecule has 0 spiro atoms. The molecule has 0 aliphatic carbocycles. The number of imidazole rings is 1. The van der Waals surface area contributed by atoms with Crippen LogP contribution in [0.15, 0.2) is 83.6 Å². The zero-order valence-electron chi connectivity index (χ0n) is 22.0. The maximum Gasteiger partial charge on any atom is 0.250 e. The summed E-state index contributed by atoms with van der Waals surface area (Å²) in [6.45, 7) is 11.2. The van der Waals surface area contributed by atoms with Crippen molar-refractivity contribution in [1.29, 1.82) is 0 Å². The first-order chi connectivity index (χ1) is 17.6. The Labute approximate surface area is 218 Å². The molecule has 0 aliphatic rings. The second-order valence-corrected chi connectivity index (χ2v) is 15.7. The highest BCUT2D eigenvalue weighted by atomic mass is 28.4. The SMILES string of the molecule is CC(C)(C)[Si](C)(C)Oc1ccc(-c2cn3c(O)c(Cc4ccco4)nc3c(Cc3ccccc3)n2)cc1. The molecule has 0 fully saturated rings. The molecule has 7 heteroatoms. The van der Waals surface area contributed by atoms with Gasteiger partial charge in [0.25, 0.3) is 0 Å². The molecule has 0 radical (unpaired) electrons. The van der Waals surface area contributed by atoms with Crippen LogP contribution in [0.5, 0.6) is 11.6 Å². The molecule has 3 aromatic heterocycles. The van der Waals surface area contributed by atoms with Gasteiger partial charge in [-0.05, 0) is 60.1 Å². The number of aromatic hydroxyl groups is 1. The molecule has 0 saturated carbocycles. The van der Waals surface area contributed by atoms with Crippen molar-refractivity contribution in [1.82, 2.24) is 14.4 Å². The molecule has 0 atom stereocenters. The molecule has 6 nitrogen and oxygen atoms in total. The van der Waals surface area contributed by atoms with Gasteiger partial charge in [0.2, 0.25) is 14.2 Å². The third-order valence-corrected chi connectivity index (χ3v) is 11.5. The number of hydrogen-bond acceptors (Lipinski definition) is 5. The van der Waals surface area contributed by atoms with E-state index in [1.807, 2.05) is 60.8 Å². The van der Waals surface area contributed by atoms with Crippen molar-refractivity contribution < 1.29 is 13.9 Å². The van der Waals surface area contributed by atoms with Gasteiger partial charge in [-0.3, -0.25) is 4.40 Å². The predicted octanol–water partition coefficient (Wildman–Crippen LogP) is 7.26. The molecule has 190 valence electrons. The largest absolute Gasteiger partial charge is 0.544 e. The Balaban J connectivity index is 1.54. The number of hydrogen-bond donors (Lipinski definition) is 1. The van der Waals surface area contributed by atoms with Gasteiger partial charge < -0.3 is 13.9 Å². The van der Waals surface area contributed by atoms with Gasteiger partial charge in [-0.2, -0.15) is 0 Å². The molecule has 0 aliphatic heterocycles. The van der Waals surface area contributed by atoms with E-state index in [1.165, 1.54) is 0 Å². The summed E-state index contributed by atoms with van der Waals surface area (Å²) in [5.41, 5.74) is 4.83. The molecular weight excluding hydrogens is 478 g/mol. The van der Waals surface area contributed by atoms with Crippen LogP contribution in [0.1, 0.15) is 43.5 Å². The van der Waals surface area contributed by atoms with Crippen LogP contribution in [0.3, 0.4) is 0 Å². The Kier molecular flexibility index (Phi) is 6.41. The zero-order valence-corrected chi connectivity index (χ0v) is 23.0. The average molecular weight is 512 g/mol. The van der Waals surface area contributed by atoms with E-state index >= 15 is 0 Å². The lowest BCUT2D eigenvalue weighted by molar-refractivity contribution is 0.438. The topological polar surface area (TPSA) is 72.8 Å². The quantitative estimate of drug-likeness (QED) is 0.233. The van der Waals surface area contributed by atoms with Crippen molar-refractivity contribution in [3.63, 3.8) is 0 Å². The van der Waals surface area contributed by atoms with E-state index in [-0.39, 0.29) is 10.9 Å². The maximum atomic E-state index is 11.1. The Morgan fingerprint density at radius 1 is 0.892 bits per heavy atom. The summed E-state index contributed by atoms with van der Waals surface area (Å²) in [5.74, 6) is 1.71. The van der Waals surface area contributed by atoms with Crippen LogP contribution in [0.4, 0.5) is 0 Å². The first kappa shape index (κ1) is 24.8. The molecule has 3 heterocycles. The highest BCUT2D eigenvalue weighted by Crippen LogP contribution is 2.38. The minimum absolute atomic E-state index is 0.0993. The van der Waals surface area contributed by atoms with Gasteiger partial charge in [0.1, 0.15) is 17.2 Å². The lowest BCUT2D eigenvalue weighted by Gasteiger charge is -2.36. The van der Waals surface area contributed by atoms with E-state index in [9.17, 15) is 5.11 Å². The van der Waals surface area contributed by atoms with Gasteiger partial charge in [0.05, 0.1) is 24.1 Å². The van der Waals surface area contributed by atoms with Crippen molar-refractivity contribution in [3.8, 4) is 22.9 Å². The fraction of sp³-hybridized carbons (Fsp3) is 0.267. The van der Waals surface area contributed by atoms with Crippen molar-refractivity contribution in [2.45, 2.75) is 51.7 Å². The number of benzene rings is 2. The van der Waals surface area contributed by atoms with Crippen LogP contribution < -0.4 is 4.43 Å². The van der Waals surface area contributed by atoms with Crippen molar-refractivity contribution >= 4 is 14.0 Å². The van der Waals surface area contributed by atoms with Gasteiger partial charge in [-0.1, -0.05) is 51.1 Å². The number of rotatable bonds is 7. The van der Waals surface area contributed by atoms with Gasteiger partial charge in [-0.25, -0.2) is 9.97 Å². The van der Waals surface area contributed by atoms with Crippen molar-refractivity contribution in [2.24, 2.45) is 0 Å². The molecule has 0 unspecified atom stereocenters. The average Bonchev–Trinajstić information content (AvgIpc) is 3.48. The van der Waals surface area contributed by atoms with Crippen LogP contribution in [-0.4, -0.2) is 27.8 Å². The van der Waals surface area contributed by atoms with Crippen molar-refractivity contribution in [2.75, 3.05) is 0 Å². The first-order valence-electron chi connectivity index (χ1n) is 12.6. The molecular formula is C30H33N3O3Si. The number of nitrogens with zero attached hydrogens (tertiary/aromatic N) is 3. The standard InChI is InChI=1S/C30H33N3O3Si/c1-30(2,3)37(4,5)36-23-15-13-22(14-16-23)27-20-33-28(25(31-27)18-21-10-7-6-8-11-21)32-26(29(33)34)19-24-12-9-17-35-24/h6-17,20,34H,18-19H2,1-5H3. The molecule has 0 saturated heterocycles. The molecule has 5 aromatic rings. The van der Waals surface area contributed by atoms with Crippen LogP contribution in [-0.2, 0) is 12.8 Å². The fourth-order valence-corrected chi connectivity index (χ4v) is 5.06. The van der Waals surface area contributed by atoms with Gasteiger partial charge >= 0.3 is 0 Å². The summed E-state index contributed by atoms with van der Waals surface area (Å²) in [7, 11) is -1.93. The first-order valence-corrected chi connectivity index (χ1v) is 15.5. The van der Waals surface area contributed by atoms with E-state index in [0.717, 1.165) is 34.0 Å².